The number of aromatic nitrogens is 3. The van der Waals surface area contributed by atoms with Crippen LogP contribution in [-0.4, -0.2) is 33.5 Å². The average molecular weight is 420 g/mol. The molecule has 152 valence electrons. The zero-order valence-electron chi connectivity index (χ0n) is 16.2. The van der Waals surface area contributed by atoms with Crippen molar-refractivity contribution in [2.45, 2.75) is 19.3 Å². The third kappa shape index (κ3) is 4.90. The molecule has 0 aliphatic heterocycles. The largest absolute Gasteiger partial charge is 0.361 e. The molecule has 0 unspecified atom stereocenters. The van der Waals surface area contributed by atoms with Crippen molar-refractivity contribution in [3.8, 4) is 0 Å². The highest BCUT2D eigenvalue weighted by Crippen LogP contribution is 2.18. The van der Waals surface area contributed by atoms with Crippen LogP contribution in [0.25, 0.3) is 10.9 Å². The number of nitrogens with zero attached hydrogens (tertiary/aromatic N) is 2. The molecule has 2 aromatic carbocycles. The van der Waals surface area contributed by atoms with Gasteiger partial charge in [0.1, 0.15) is 5.01 Å². The summed E-state index contributed by atoms with van der Waals surface area (Å²) in [6.07, 6.45) is 3.51. The Kier molecular flexibility index (Phi) is 6.14. The summed E-state index contributed by atoms with van der Waals surface area (Å²) in [6.45, 7) is 0.571. The van der Waals surface area contributed by atoms with Crippen LogP contribution in [0.2, 0.25) is 0 Å². The second-order valence-corrected chi connectivity index (χ2v) is 7.84. The molecule has 0 atom stereocenters. The highest BCUT2D eigenvalue weighted by molar-refractivity contribution is 7.13. The first-order chi connectivity index (χ1) is 14.7. The van der Waals surface area contributed by atoms with Gasteiger partial charge in [-0.2, -0.15) is 0 Å². The fraction of sp³-hybridized carbons (Fsp3) is 0.182. The predicted octanol–water partition coefficient (Wildman–Crippen LogP) is 3.56. The summed E-state index contributed by atoms with van der Waals surface area (Å²) >= 11 is 1.21. The van der Waals surface area contributed by atoms with Crippen LogP contribution in [-0.2, 0) is 17.6 Å². The Morgan fingerprint density at radius 3 is 2.63 bits per heavy atom. The van der Waals surface area contributed by atoms with Crippen molar-refractivity contribution in [2.75, 3.05) is 11.9 Å². The number of benzene rings is 2. The Bertz CT molecular complexity index is 1150. The number of aryl methyl sites for hydroxylation is 1. The Morgan fingerprint density at radius 2 is 1.77 bits per heavy atom. The summed E-state index contributed by atoms with van der Waals surface area (Å²) in [5.41, 5.74) is 2.99. The first kappa shape index (κ1) is 19.8. The number of anilines is 1. The van der Waals surface area contributed by atoms with Crippen LogP contribution in [0.5, 0.6) is 0 Å². The Hall–Kier alpha value is -3.52. The minimum Gasteiger partial charge on any atom is -0.361 e. The molecular weight excluding hydrogens is 398 g/mol. The van der Waals surface area contributed by atoms with Gasteiger partial charge in [-0.1, -0.05) is 47.7 Å². The molecule has 4 aromatic rings. The molecule has 3 N–H and O–H groups in total. The Morgan fingerprint density at radius 1 is 0.967 bits per heavy atom. The molecule has 4 rings (SSSR count). The van der Waals surface area contributed by atoms with Gasteiger partial charge in [-0.25, -0.2) is 0 Å². The van der Waals surface area contributed by atoms with Crippen molar-refractivity contribution in [1.82, 2.24) is 20.5 Å². The maximum Gasteiger partial charge on any atom is 0.286 e. The molecule has 0 saturated heterocycles. The number of carbonyl (C=O) groups is 2. The number of nitrogens with one attached hydrogen (secondary N) is 3. The van der Waals surface area contributed by atoms with Gasteiger partial charge in [-0.05, 0) is 30.2 Å². The third-order valence-corrected chi connectivity index (χ3v) is 5.63. The molecule has 2 heterocycles. The van der Waals surface area contributed by atoms with Crippen LogP contribution in [0, 0.1) is 0 Å². The minimum absolute atomic E-state index is 0.0414. The molecule has 0 bridgehead atoms. The topological polar surface area (TPSA) is 99.8 Å². The first-order valence-electron chi connectivity index (χ1n) is 9.69. The average Bonchev–Trinajstić information content (AvgIpc) is 3.41. The van der Waals surface area contributed by atoms with Gasteiger partial charge in [0.05, 0.1) is 0 Å². The second kappa shape index (κ2) is 9.32. The molecule has 0 saturated carbocycles. The second-order valence-electron chi connectivity index (χ2n) is 6.78. The van der Waals surface area contributed by atoms with E-state index in [9.17, 15) is 9.59 Å². The van der Waals surface area contributed by atoms with E-state index in [0.29, 0.717) is 30.1 Å². The summed E-state index contributed by atoms with van der Waals surface area (Å²) in [4.78, 5) is 27.6. The normalized spacial score (nSPS) is 10.8. The molecule has 0 aliphatic rings. The van der Waals surface area contributed by atoms with Crippen LogP contribution in [0.4, 0.5) is 5.69 Å². The standard InChI is InChI=1S/C22H21N5O2S/c28-19(23-13-12-15-14-24-18-9-5-4-8-17(15)18)10-11-20-26-27-22(30-20)21(29)25-16-6-2-1-3-7-16/h1-9,14,24H,10-13H2,(H,23,28)(H,25,29). The Balaban J connectivity index is 1.22. The highest BCUT2D eigenvalue weighted by atomic mass is 32.1. The van der Waals surface area contributed by atoms with Crippen LogP contribution in [0.15, 0.2) is 60.8 Å². The SMILES string of the molecule is O=C(CCc1nnc(C(=O)Nc2ccccc2)s1)NCCc1c[nH]c2ccccc12. The lowest BCUT2D eigenvalue weighted by molar-refractivity contribution is -0.121. The van der Waals surface area contributed by atoms with Gasteiger partial charge in [0.15, 0.2) is 0 Å². The van der Waals surface area contributed by atoms with Crippen molar-refractivity contribution in [3.63, 3.8) is 0 Å². The molecule has 7 nitrogen and oxygen atoms in total. The van der Waals surface area contributed by atoms with E-state index in [2.05, 4.69) is 31.9 Å². The van der Waals surface area contributed by atoms with Crippen LogP contribution in [0.1, 0.15) is 26.8 Å². The predicted molar refractivity (Wildman–Crippen MR) is 118 cm³/mol. The number of aromatic amines is 1. The lowest BCUT2D eigenvalue weighted by Gasteiger charge is -2.04. The summed E-state index contributed by atoms with van der Waals surface area (Å²) in [5, 5.41) is 15.8. The molecule has 8 heteroatoms. The molecule has 2 aromatic heterocycles. The first-order valence-corrected chi connectivity index (χ1v) is 10.5. The molecule has 0 aliphatic carbocycles. The fourth-order valence-electron chi connectivity index (χ4n) is 3.14. The lowest BCUT2D eigenvalue weighted by atomic mass is 10.1. The number of rotatable bonds is 8. The van der Waals surface area contributed by atoms with E-state index in [1.165, 1.54) is 22.3 Å². The minimum atomic E-state index is -0.298. The van der Waals surface area contributed by atoms with E-state index >= 15 is 0 Å². The van der Waals surface area contributed by atoms with Crippen molar-refractivity contribution in [1.29, 1.82) is 0 Å². The smallest absolute Gasteiger partial charge is 0.286 e. The highest BCUT2D eigenvalue weighted by Gasteiger charge is 2.14. The van der Waals surface area contributed by atoms with Crippen LogP contribution < -0.4 is 10.6 Å². The molecule has 0 fully saturated rings. The summed E-state index contributed by atoms with van der Waals surface area (Å²) in [7, 11) is 0. The van der Waals surface area contributed by atoms with Crippen LogP contribution in [0.3, 0.4) is 0 Å². The summed E-state index contributed by atoms with van der Waals surface area (Å²) in [5.74, 6) is -0.339. The maximum absolute atomic E-state index is 12.2. The van der Waals surface area contributed by atoms with Gasteiger partial charge in [0.25, 0.3) is 5.91 Å². The van der Waals surface area contributed by atoms with E-state index in [-0.39, 0.29) is 16.8 Å². The third-order valence-electron chi connectivity index (χ3n) is 4.65. The fourth-order valence-corrected chi connectivity index (χ4v) is 3.87. The van der Waals surface area contributed by atoms with Gasteiger partial charge in [0, 0.05) is 42.2 Å². The summed E-state index contributed by atoms with van der Waals surface area (Å²) < 4.78 is 0. The van der Waals surface area contributed by atoms with Crippen molar-refractivity contribution in [2.24, 2.45) is 0 Å². The van der Waals surface area contributed by atoms with E-state index in [0.717, 1.165) is 11.9 Å². The molecule has 0 spiro atoms. The number of H-pyrrole nitrogens is 1. The Labute approximate surface area is 177 Å². The van der Waals surface area contributed by atoms with E-state index in [4.69, 9.17) is 0 Å². The van der Waals surface area contributed by atoms with Gasteiger partial charge >= 0.3 is 0 Å². The van der Waals surface area contributed by atoms with Crippen molar-refractivity contribution >= 4 is 39.7 Å². The van der Waals surface area contributed by atoms with Crippen LogP contribution >= 0.6 is 11.3 Å². The van der Waals surface area contributed by atoms with Gasteiger partial charge in [-0.15, -0.1) is 10.2 Å². The zero-order chi connectivity index (χ0) is 20.8. The number of carbonyl (C=O) groups excluding carboxylic acids is 2. The monoisotopic (exact) mass is 419 g/mol. The number of hydrogen-bond acceptors (Lipinski definition) is 5. The number of para-hydroxylation sites is 2. The number of fused-ring (bicyclic) bond motifs is 1. The van der Waals surface area contributed by atoms with Gasteiger partial charge in [0.2, 0.25) is 10.9 Å². The molecule has 30 heavy (non-hydrogen) atoms. The molecule has 2 amide bonds. The zero-order valence-corrected chi connectivity index (χ0v) is 17.0. The molecule has 0 radical (unpaired) electrons. The number of amides is 2. The maximum atomic E-state index is 12.2. The van der Waals surface area contributed by atoms with Crippen molar-refractivity contribution in [3.05, 3.63) is 76.4 Å². The quantitative estimate of drug-likeness (QED) is 0.407. The molecular formula is C22H21N5O2S. The lowest BCUT2D eigenvalue weighted by Crippen LogP contribution is -2.25. The van der Waals surface area contributed by atoms with Crippen molar-refractivity contribution < 1.29 is 9.59 Å². The van der Waals surface area contributed by atoms with E-state index in [1.54, 1.807) is 12.1 Å². The van der Waals surface area contributed by atoms with Gasteiger partial charge in [-0.3, -0.25) is 9.59 Å². The van der Waals surface area contributed by atoms with E-state index < -0.39 is 0 Å². The summed E-state index contributed by atoms with van der Waals surface area (Å²) in [6, 6.07) is 17.3. The number of hydrogen-bond donors (Lipinski definition) is 3. The van der Waals surface area contributed by atoms with E-state index in [1.807, 2.05) is 42.6 Å². The van der Waals surface area contributed by atoms with Gasteiger partial charge < -0.3 is 15.6 Å².